The van der Waals surface area contributed by atoms with Crippen molar-refractivity contribution in [2.45, 2.75) is 18.9 Å². The number of hydrogen-bond acceptors (Lipinski definition) is 5. The summed E-state index contributed by atoms with van der Waals surface area (Å²) in [6.45, 7) is 2.55. The van der Waals surface area contributed by atoms with Gasteiger partial charge in [0.25, 0.3) is 0 Å². The minimum Gasteiger partial charge on any atom is -0.454 e. The molecule has 1 atom stereocenters. The van der Waals surface area contributed by atoms with E-state index in [1.165, 1.54) is 0 Å². The molecule has 1 saturated heterocycles. The van der Waals surface area contributed by atoms with E-state index < -0.39 is 0 Å². The van der Waals surface area contributed by atoms with Crippen LogP contribution in [0.2, 0.25) is 0 Å². The molecule has 0 spiro atoms. The Morgan fingerprint density at radius 1 is 1.25 bits per heavy atom. The smallest absolute Gasteiger partial charge is 0.231 e. The zero-order valence-electron chi connectivity index (χ0n) is 11.0. The van der Waals surface area contributed by atoms with Crippen LogP contribution in [0.25, 0.3) is 0 Å². The van der Waals surface area contributed by atoms with Crippen LogP contribution < -0.4 is 9.47 Å². The van der Waals surface area contributed by atoms with Crippen LogP contribution in [-0.4, -0.2) is 35.0 Å². The number of ether oxygens (including phenoxy) is 3. The first kappa shape index (κ1) is 11.7. The summed E-state index contributed by atoms with van der Waals surface area (Å²) in [5, 5.41) is 8.43. The van der Waals surface area contributed by atoms with Crippen molar-refractivity contribution in [2.75, 3.05) is 20.0 Å². The summed E-state index contributed by atoms with van der Waals surface area (Å²) < 4.78 is 17.9. The molecule has 0 bridgehead atoms. The van der Waals surface area contributed by atoms with Gasteiger partial charge >= 0.3 is 0 Å². The van der Waals surface area contributed by atoms with Gasteiger partial charge in [0.15, 0.2) is 11.5 Å². The van der Waals surface area contributed by atoms with E-state index >= 15 is 0 Å². The number of hydrogen-bond donors (Lipinski definition) is 0. The molecule has 2 aliphatic rings. The van der Waals surface area contributed by atoms with E-state index in [1.807, 2.05) is 29.1 Å². The second-order valence-electron chi connectivity index (χ2n) is 5.09. The fraction of sp³-hybridized carbons (Fsp3) is 0.429. The normalized spacial score (nSPS) is 20.5. The fourth-order valence-corrected chi connectivity index (χ4v) is 2.57. The first-order valence-corrected chi connectivity index (χ1v) is 6.75. The Hall–Kier alpha value is -2.08. The van der Waals surface area contributed by atoms with E-state index in [4.69, 9.17) is 14.2 Å². The Labute approximate surface area is 116 Å². The molecule has 0 saturated carbocycles. The van der Waals surface area contributed by atoms with Crippen LogP contribution in [0.1, 0.15) is 23.6 Å². The van der Waals surface area contributed by atoms with Crippen LogP contribution in [0.4, 0.5) is 0 Å². The molecule has 104 valence electrons. The van der Waals surface area contributed by atoms with Crippen LogP contribution in [0, 0.1) is 0 Å². The molecule has 1 unspecified atom stereocenters. The van der Waals surface area contributed by atoms with Gasteiger partial charge < -0.3 is 14.2 Å². The zero-order chi connectivity index (χ0) is 13.4. The first-order chi connectivity index (χ1) is 9.88. The molecule has 0 aliphatic carbocycles. The van der Waals surface area contributed by atoms with E-state index in [9.17, 15) is 0 Å². The Morgan fingerprint density at radius 3 is 3.10 bits per heavy atom. The van der Waals surface area contributed by atoms with Gasteiger partial charge in [0.2, 0.25) is 6.79 Å². The number of fused-ring (bicyclic) bond motifs is 1. The maximum atomic E-state index is 5.38. The average Bonchev–Trinajstić information content (AvgIpc) is 3.19. The molecule has 0 amide bonds. The molecule has 1 aromatic heterocycles. The highest BCUT2D eigenvalue weighted by atomic mass is 16.7. The quantitative estimate of drug-likeness (QED) is 0.849. The van der Waals surface area contributed by atoms with Crippen molar-refractivity contribution in [2.24, 2.45) is 0 Å². The van der Waals surface area contributed by atoms with Crippen molar-refractivity contribution in [3.8, 4) is 11.5 Å². The number of nitrogens with zero attached hydrogens (tertiary/aromatic N) is 3. The molecule has 0 radical (unpaired) electrons. The van der Waals surface area contributed by atoms with Crippen molar-refractivity contribution in [1.82, 2.24) is 15.0 Å². The minimum absolute atomic E-state index is 0.300. The van der Waals surface area contributed by atoms with Gasteiger partial charge in [-0.2, -0.15) is 0 Å². The third-order valence-corrected chi connectivity index (χ3v) is 3.69. The van der Waals surface area contributed by atoms with Crippen LogP contribution in [0.15, 0.2) is 24.4 Å². The van der Waals surface area contributed by atoms with Crippen LogP contribution in [0.3, 0.4) is 0 Å². The monoisotopic (exact) mass is 273 g/mol. The maximum Gasteiger partial charge on any atom is 0.231 e. The summed E-state index contributed by atoms with van der Waals surface area (Å²) in [5.41, 5.74) is 2.14. The highest BCUT2D eigenvalue weighted by Crippen LogP contribution is 2.32. The topological polar surface area (TPSA) is 58.4 Å². The Bertz CT molecular complexity index is 620. The Kier molecular flexibility index (Phi) is 2.81. The lowest BCUT2D eigenvalue weighted by Gasteiger charge is -2.03. The summed E-state index contributed by atoms with van der Waals surface area (Å²) in [6, 6.07) is 5.94. The van der Waals surface area contributed by atoms with Crippen LogP contribution in [0.5, 0.6) is 11.5 Å². The van der Waals surface area contributed by atoms with E-state index in [0.717, 1.165) is 42.4 Å². The summed E-state index contributed by atoms with van der Waals surface area (Å²) in [5.74, 6) is 1.99. The number of rotatable bonds is 3. The van der Waals surface area contributed by atoms with E-state index in [2.05, 4.69) is 10.3 Å². The predicted octanol–water partition coefficient (Wildman–Crippen LogP) is 1.56. The lowest BCUT2D eigenvalue weighted by Crippen LogP contribution is -2.00. The van der Waals surface area contributed by atoms with Crippen molar-refractivity contribution < 1.29 is 14.2 Å². The average molecular weight is 273 g/mol. The molecule has 1 aromatic carbocycles. The number of aromatic nitrogens is 3. The SMILES string of the molecule is c1cc2c(cc1Cn1cc(C3CCOC3)nn1)OCO2. The van der Waals surface area contributed by atoms with Gasteiger partial charge in [-0.3, -0.25) is 0 Å². The van der Waals surface area contributed by atoms with E-state index in [-0.39, 0.29) is 0 Å². The molecule has 4 rings (SSSR count). The van der Waals surface area contributed by atoms with Gasteiger partial charge in [-0.15, -0.1) is 5.10 Å². The zero-order valence-corrected chi connectivity index (χ0v) is 11.0. The van der Waals surface area contributed by atoms with E-state index in [0.29, 0.717) is 19.3 Å². The minimum atomic E-state index is 0.300. The Morgan fingerprint density at radius 2 is 2.20 bits per heavy atom. The molecule has 1 fully saturated rings. The first-order valence-electron chi connectivity index (χ1n) is 6.75. The molecule has 20 heavy (non-hydrogen) atoms. The maximum absolute atomic E-state index is 5.38. The summed E-state index contributed by atoms with van der Waals surface area (Å²) in [4.78, 5) is 0. The second kappa shape index (κ2) is 4.79. The standard InChI is InChI=1S/C14H15N3O3/c1-2-13-14(20-9-19-13)5-10(1)6-17-7-12(15-16-17)11-3-4-18-8-11/h1-2,5,7,11H,3-4,6,8-9H2. The molecular weight excluding hydrogens is 258 g/mol. The molecular formula is C14H15N3O3. The lowest BCUT2D eigenvalue weighted by atomic mass is 10.1. The second-order valence-corrected chi connectivity index (χ2v) is 5.09. The van der Waals surface area contributed by atoms with Gasteiger partial charge in [-0.1, -0.05) is 11.3 Å². The van der Waals surface area contributed by atoms with Gasteiger partial charge in [-0.05, 0) is 24.1 Å². The molecule has 2 aliphatic heterocycles. The third-order valence-electron chi connectivity index (χ3n) is 3.69. The molecule has 6 nitrogen and oxygen atoms in total. The van der Waals surface area contributed by atoms with E-state index in [1.54, 1.807) is 0 Å². The predicted molar refractivity (Wildman–Crippen MR) is 69.9 cm³/mol. The molecule has 3 heterocycles. The highest BCUT2D eigenvalue weighted by molar-refractivity contribution is 5.44. The fourth-order valence-electron chi connectivity index (χ4n) is 2.57. The third kappa shape index (κ3) is 2.12. The molecule has 6 heteroatoms. The van der Waals surface area contributed by atoms with Crippen molar-refractivity contribution >= 4 is 0 Å². The van der Waals surface area contributed by atoms with Crippen molar-refractivity contribution in [1.29, 1.82) is 0 Å². The largest absolute Gasteiger partial charge is 0.454 e. The molecule has 2 aromatic rings. The lowest BCUT2D eigenvalue weighted by molar-refractivity contribution is 0.174. The highest BCUT2D eigenvalue weighted by Gasteiger charge is 2.21. The van der Waals surface area contributed by atoms with Gasteiger partial charge in [0.05, 0.1) is 18.8 Å². The molecule has 0 N–H and O–H groups in total. The number of benzene rings is 1. The van der Waals surface area contributed by atoms with Crippen LogP contribution >= 0.6 is 0 Å². The van der Waals surface area contributed by atoms with Gasteiger partial charge in [0, 0.05) is 18.7 Å². The summed E-state index contributed by atoms with van der Waals surface area (Å²) in [7, 11) is 0. The van der Waals surface area contributed by atoms with Crippen molar-refractivity contribution in [3.05, 3.63) is 35.7 Å². The van der Waals surface area contributed by atoms with Gasteiger partial charge in [-0.25, -0.2) is 4.68 Å². The summed E-state index contributed by atoms with van der Waals surface area (Å²) in [6.07, 6.45) is 3.03. The summed E-state index contributed by atoms with van der Waals surface area (Å²) >= 11 is 0. The van der Waals surface area contributed by atoms with Crippen LogP contribution in [-0.2, 0) is 11.3 Å². The Balaban J connectivity index is 1.51. The van der Waals surface area contributed by atoms with Gasteiger partial charge in [0.1, 0.15) is 0 Å². The van der Waals surface area contributed by atoms with Crippen molar-refractivity contribution in [3.63, 3.8) is 0 Å².